The molecule has 0 aromatic rings. The predicted octanol–water partition coefficient (Wildman–Crippen LogP) is -0.308. The molecule has 2 N–H and O–H groups in total. The molecule has 6 heteroatoms. The van der Waals surface area contributed by atoms with Crippen LogP contribution in [0.5, 0.6) is 0 Å². The lowest BCUT2D eigenvalue weighted by Crippen LogP contribution is -2.53. The molecule has 5 aliphatic rings. The Bertz CT molecular complexity index is 772. The number of hydrogen-bond acceptors (Lipinski definition) is 6. The SMILES string of the molecule is C=C1C[C@]23C[C@@]1(O)CC[C@@H]2[C@@]12C=C[C@H](O)[C@@](C)(C(=O)O1)[C@@H]2[C@@H]3C(=O)[O-]. The molecule has 1 heterocycles. The zero-order valence-electron chi connectivity index (χ0n) is 14.0. The Hall–Kier alpha value is -1.66. The highest BCUT2D eigenvalue weighted by Gasteiger charge is 2.82. The normalized spacial score (nSPS) is 58.0. The average molecular weight is 345 g/mol. The van der Waals surface area contributed by atoms with E-state index in [1.165, 1.54) is 0 Å². The van der Waals surface area contributed by atoms with Crippen LogP contribution in [0.15, 0.2) is 24.3 Å². The van der Waals surface area contributed by atoms with E-state index in [0.29, 0.717) is 31.3 Å². The van der Waals surface area contributed by atoms with Crippen LogP contribution < -0.4 is 5.11 Å². The van der Waals surface area contributed by atoms with Crippen molar-refractivity contribution in [1.29, 1.82) is 0 Å². The van der Waals surface area contributed by atoms with Crippen molar-refractivity contribution >= 4 is 11.9 Å². The minimum Gasteiger partial charge on any atom is -0.550 e. The largest absolute Gasteiger partial charge is 0.550 e. The molecule has 8 atom stereocenters. The number of ether oxygens (including phenoxy) is 1. The number of aliphatic carboxylic acids is 1. The lowest BCUT2D eigenvalue weighted by molar-refractivity contribution is -0.318. The first kappa shape index (κ1) is 15.6. The van der Waals surface area contributed by atoms with Crippen molar-refractivity contribution in [2.75, 3.05) is 0 Å². The van der Waals surface area contributed by atoms with Gasteiger partial charge in [-0.1, -0.05) is 12.7 Å². The number of hydrogen-bond donors (Lipinski definition) is 2. The van der Waals surface area contributed by atoms with Gasteiger partial charge in [0, 0.05) is 23.7 Å². The Kier molecular flexibility index (Phi) is 2.50. The molecule has 0 unspecified atom stereocenters. The molecule has 6 nitrogen and oxygen atoms in total. The number of esters is 1. The van der Waals surface area contributed by atoms with Gasteiger partial charge in [-0.25, -0.2) is 0 Å². The number of carbonyl (C=O) groups is 2. The van der Waals surface area contributed by atoms with E-state index in [-0.39, 0.29) is 5.92 Å². The van der Waals surface area contributed by atoms with Gasteiger partial charge in [-0.15, -0.1) is 0 Å². The van der Waals surface area contributed by atoms with Crippen molar-refractivity contribution in [3.63, 3.8) is 0 Å². The molecule has 0 aromatic carbocycles. The summed E-state index contributed by atoms with van der Waals surface area (Å²) >= 11 is 0. The topological polar surface area (TPSA) is 107 Å². The molecule has 1 spiro atoms. The maximum atomic E-state index is 12.7. The summed E-state index contributed by atoms with van der Waals surface area (Å²) in [5, 5.41) is 33.7. The Morgan fingerprint density at radius 3 is 2.88 bits per heavy atom. The van der Waals surface area contributed by atoms with Crippen molar-refractivity contribution in [1.82, 2.24) is 0 Å². The summed E-state index contributed by atoms with van der Waals surface area (Å²) in [6.45, 7) is 5.60. The Balaban J connectivity index is 1.78. The molecule has 25 heavy (non-hydrogen) atoms. The van der Waals surface area contributed by atoms with Crippen LogP contribution in [-0.2, 0) is 14.3 Å². The number of carbonyl (C=O) groups excluding carboxylic acids is 2. The van der Waals surface area contributed by atoms with Crippen LogP contribution in [-0.4, -0.2) is 39.5 Å². The number of fused-ring (bicyclic) bond motifs is 1. The first-order chi connectivity index (χ1) is 11.6. The van der Waals surface area contributed by atoms with E-state index in [1.54, 1.807) is 19.1 Å². The fraction of sp³-hybridized carbons (Fsp3) is 0.684. The van der Waals surface area contributed by atoms with Crippen molar-refractivity contribution in [2.24, 2.45) is 28.6 Å². The van der Waals surface area contributed by atoms with E-state index in [0.717, 1.165) is 0 Å². The average Bonchev–Trinajstić information content (AvgIpc) is 2.95. The second-order valence-electron chi connectivity index (χ2n) is 8.92. The zero-order chi connectivity index (χ0) is 18.0. The lowest BCUT2D eigenvalue weighted by Gasteiger charge is -2.45. The summed E-state index contributed by atoms with van der Waals surface area (Å²) in [4.78, 5) is 24.9. The van der Waals surface area contributed by atoms with Gasteiger partial charge in [0.25, 0.3) is 0 Å². The quantitative estimate of drug-likeness (QED) is 0.499. The van der Waals surface area contributed by atoms with Crippen LogP contribution in [0.25, 0.3) is 0 Å². The summed E-state index contributed by atoms with van der Waals surface area (Å²) < 4.78 is 5.85. The number of aliphatic hydroxyl groups excluding tert-OH is 1. The minimum absolute atomic E-state index is 0.220. The van der Waals surface area contributed by atoms with Gasteiger partial charge in [0.15, 0.2) is 0 Å². The van der Waals surface area contributed by atoms with Crippen molar-refractivity contribution in [3.8, 4) is 0 Å². The zero-order valence-corrected chi connectivity index (χ0v) is 14.0. The number of aliphatic hydroxyl groups is 2. The second-order valence-corrected chi connectivity index (χ2v) is 8.92. The van der Waals surface area contributed by atoms with Crippen molar-refractivity contribution in [2.45, 2.75) is 49.9 Å². The molecule has 0 aromatic heterocycles. The van der Waals surface area contributed by atoms with Crippen LogP contribution in [0.1, 0.15) is 32.6 Å². The molecule has 1 aliphatic heterocycles. The third kappa shape index (κ3) is 1.36. The van der Waals surface area contributed by atoms with Crippen LogP contribution in [0, 0.1) is 28.6 Å². The fourth-order valence-corrected chi connectivity index (χ4v) is 7.11. The highest BCUT2D eigenvalue weighted by atomic mass is 16.6. The first-order valence-corrected chi connectivity index (χ1v) is 8.84. The van der Waals surface area contributed by atoms with E-state index in [2.05, 4.69) is 6.58 Å². The maximum absolute atomic E-state index is 12.7. The van der Waals surface area contributed by atoms with E-state index < -0.39 is 51.9 Å². The fourth-order valence-electron chi connectivity index (χ4n) is 7.11. The van der Waals surface area contributed by atoms with E-state index in [1.807, 2.05) is 0 Å². The van der Waals surface area contributed by atoms with E-state index in [4.69, 9.17) is 4.74 Å². The molecule has 0 radical (unpaired) electrons. The third-order valence-corrected chi connectivity index (χ3v) is 8.11. The van der Waals surface area contributed by atoms with Gasteiger partial charge >= 0.3 is 5.97 Å². The van der Waals surface area contributed by atoms with E-state index in [9.17, 15) is 24.9 Å². The van der Waals surface area contributed by atoms with Gasteiger partial charge in [-0.05, 0) is 49.7 Å². The predicted molar refractivity (Wildman–Crippen MR) is 82.5 cm³/mol. The van der Waals surface area contributed by atoms with Crippen LogP contribution in [0.3, 0.4) is 0 Å². The molecule has 5 rings (SSSR count). The molecule has 3 saturated carbocycles. The highest BCUT2D eigenvalue weighted by Crippen LogP contribution is 2.77. The number of carboxylic acids is 1. The lowest BCUT2D eigenvalue weighted by atomic mass is 9.61. The summed E-state index contributed by atoms with van der Waals surface area (Å²) in [5.74, 6) is -3.67. The van der Waals surface area contributed by atoms with Crippen molar-refractivity contribution in [3.05, 3.63) is 24.3 Å². The standard InChI is InChI=1S/C19H22O6/c1-9-7-17-8-18(9,24)5-3-10(17)19-6-4-11(20)16(2,15(23)25-19)13(19)12(17)14(21)22/h4,6,10-13,20,24H,1,3,5,7-8H2,2H3,(H,21,22)/p-1/t10-,11-,12+,13-,16+,17-,18-,19+/m0/s1. The van der Waals surface area contributed by atoms with Gasteiger partial charge in [0.1, 0.15) is 11.0 Å². The molecule has 4 aliphatic carbocycles. The van der Waals surface area contributed by atoms with Crippen LogP contribution >= 0.6 is 0 Å². The maximum Gasteiger partial charge on any atom is 0.316 e. The Labute approximate surface area is 145 Å². The molecule has 0 amide bonds. The molecule has 1 saturated heterocycles. The van der Waals surface area contributed by atoms with Gasteiger partial charge in [-0.2, -0.15) is 0 Å². The van der Waals surface area contributed by atoms with E-state index >= 15 is 0 Å². The van der Waals surface area contributed by atoms with Crippen LogP contribution in [0.4, 0.5) is 0 Å². The molecular weight excluding hydrogens is 324 g/mol. The molecule has 134 valence electrons. The summed E-state index contributed by atoms with van der Waals surface area (Å²) in [5.41, 5.74) is -3.49. The van der Waals surface area contributed by atoms with Gasteiger partial charge in [-0.3, -0.25) is 4.79 Å². The third-order valence-electron chi connectivity index (χ3n) is 8.11. The summed E-state index contributed by atoms with van der Waals surface area (Å²) in [7, 11) is 0. The molecular formula is C19H21O6-. The van der Waals surface area contributed by atoms with Crippen molar-refractivity contribution < 1.29 is 29.6 Å². The summed E-state index contributed by atoms with van der Waals surface area (Å²) in [6, 6.07) is 0. The first-order valence-electron chi connectivity index (χ1n) is 8.84. The number of carboxylic acid groups (broad SMARTS) is 1. The monoisotopic (exact) mass is 345 g/mol. The smallest absolute Gasteiger partial charge is 0.316 e. The number of rotatable bonds is 1. The van der Waals surface area contributed by atoms with Gasteiger partial charge in [0.05, 0.1) is 11.7 Å². The Morgan fingerprint density at radius 1 is 1.48 bits per heavy atom. The van der Waals surface area contributed by atoms with Gasteiger partial charge in [0.2, 0.25) is 0 Å². The van der Waals surface area contributed by atoms with Gasteiger partial charge < -0.3 is 24.9 Å². The highest BCUT2D eigenvalue weighted by molar-refractivity contribution is 5.86. The second kappa shape index (κ2) is 4.01. The van der Waals surface area contributed by atoms with Crippen LogP contribution in [0.2, 0.25) is 0 Å². The molecule has 4 fully saturated rings. The minimum atomic E-state index is -1.31. The Morgan fingerprint density at radius 2 is 2.20 bits per heavy atom. The molecule has 4 bridgehead atoms. The summed E-state index contributed by atoms with van der Waals surface area (Å²) in [6.07, 6.45) is 3.91.